The second-order valence-corrected chi connectivity index (χ2v) is 10.7. The predicted molar refractivity (Wildman–Crippen MR) is 137 cm³/mol. The van der Waals surface area contributed by atoms with Crippen LogP contribution in [0.1, 0.15) is 27.5 Å². The van der Waals surface area contributed by atoms with Crippen molar-refractivity contribution in [1.29, 1.82) is 0 Å². The Morgan fingerprint density at radius 1 is 1.00 bits per heavy atom. The number of benzene rings is 3. The SMILES string of the molecule is Cc1ccc(C(CN2CCOCC2)NC(=O)c2cccc(S(=O)(=O)N(C)c3ccccc3)c2)cc1. The minimum atomic E-state index is -3.82. The van der Waals surface area contributed by atoms with Crippen molar-refractivity contribution in [3.05, 3.63) is 95.6 Å². The molecule has 0 spiro atoms. The average Bonchev–Trinajstić information content (AvgIpc) is 2.89. The van der Waals surface area contributed by atoms with Gasteiger partial charge < -0.3 is 10.1 Å². The van der Waals surface area contributed by atoms with Crippen molar-refractivity contribution >= 4 is 21.6 Å². The zero-order valence-corrected chi connectivity index (χ0v) is 20.9. The summed E-state index contributed by atoms with van der Waals surface area (Å²) in [4.78, 5) is 15.6. The fraction of sp³-hybridized carbons (Fsp3) is 0.296. The van der Waals surface area contributed by atoms with Gasteiger partial charge in [-0.25, -0.2) is 8.42 Å². The van der Waals surface area contributed by atoms with Crippen LogP contribution in [0.15, 0.2) is 83.8 Å². The van der Waals surface area contributed by atoms with E-state index in [1.807, 2.05) is 37.3 Å². The molecule has 3 aromatic carbocycles. The lowest BCUT2D eigenvalue weighted by molar-refractivity contribution is 0.0332. The Labute approximate surface area is 207 Å². The minimum absolute atomic E-state index is 0.0663. The molecule has 1 unspecified atom stereocenters. The van der Waals surface area contributed by atoms with Gasteiger partial charge in [-0.15, -0.1) is 0 Å². The van der Waals surface area contributed by atoms with Crippen molar-refractivity contribution < 1.29 is 17.9 Å². The number of amides is 1. The Morgan fingerprint density at radius 2 is 1.69 bits per heavy atom. The van der Waals surface area contributed by atoms with E-state index in [9.17, 15) is 13.2 Å². The number of sulfonamides is 1. The molecule has 0 aromatic heterocycles. The normalized spacial score (nSPS) is 15.4. The van der Waals surface area contributed by atoms with Crippen molar-refractivity contribution in [3.8, 4) is 0 Å². The summed E-state index contributed by atoms with van der Waals surface area (Å²) in [6.45, 7) is 5.62. The van der Waals surface area contributed by atoms with E-state index in [0.29, 0.717) is 31.0 Å². The minimum Gasteiger partial charge on any atom is -0.379 e. The first-order valence-corrected chi connectivity index (χ1v) is 13.1. The molecule has 7 nitrogen and oxygen atoms in total. The lowest BCUT2D eigenvalue weighted by Crippen LogP contribution is -2.43. The van der Waals surface area contributed by atoms with Crippen LogP contribution < -0.4 is 9.62 Å². The number of anilines is 1. The van der Waals surface area contributed by atoms with Gasteiger partial charge in [0.05, 0.1) is 29.8 Å². The molecule has 0 aliphatic carbocycles. The molecular weight excluding hydrogens is 462 g/mol. The van der Waals surface area contributed by atoms with Gasteiger partial charge in [0.25, 0.3) is 15.9 Å². The molecule has 35 heavy (non-hydrogen) atoms. The summed E-state index contributed by atoms with van der Waals surface area (Å²) in [6.07, 6.45) is 0. The number of aryl methyl sites for hydroxylation is 1. The van der Waals surface area contributed by atoms with Gasteiger partial charge in [0, 0.05) is 32.2 Å². The number of hydrogen-bond acceptors (Lipinski definition) is 5. The first-order valence-electron chi connectivity index (χ1n) is 11.7. The molecule has 3 aromatic rings. The number of hydrogen-bond donors (Lipinski definition) is 1. The smallest absolute Gasteiger partial charge is 0.264 e. The summed E-state index contributed by atoms with van der Waals surface area (Å²) >= 11 is 0. The van der Waals surface area contributed by atoms with Crippen LogP contribution in [0.25, 0.3) is 0 Å². The number of ether oxygens (including phenoxy) is 1. The third-order valence-electron chi connectivity index (χ3n) is 6.20. The standard InChI is InChI=1S/C27H31N3O4S/c1-21-11-13-22(14-12-21)26(20-30-15-17-34-18-16-30)28-27(31)23-7-6-10-25(19-23)35(32,33)29(2)24-8-4-3-5-9-24/h3-14,19,26H,15-18,20H2,1-2H3,(H,28,31). The van der Waals surface area contributed by atoms with Crippen molar-refractivity contribution in [1.82, 2.24) is 10.2 Å². The van der Waals surface area contributed by atoms with E-state index < -0.39 is 10.0 Å². The maximum Gasteiger partial charge on any atom is 0.264 e. The molecule has 184 valence electrons. The van der Waals surface area contributed by atoms with Gasteiger partial charge >= 0.3 is 0 Å². The lowest BCUT2D eigenvalue weighted by atomic mass is 10.0. The molecule has 8 heteroatoms. The summed E-state index contributed by atoms with van der Waals surface area (Å²) in [6, 6.07) is 22.9. The van der Waals surface area contributed by atoms with E-state index in [-0.39, 0.29) is 16.8 Å². The van der Waals surface area contributed by atoms with Crippen LogP contribution in [0.5, 0.6) is 0 Å². The monoisotopic (exact) mass is 493 g/mol. The second-order valence-electron chi connectivity index (χ2n) is 8.69. The Bertz CT molecular complexity index is 1240. The van der Waals surface area contributed by atoms with Crippen LogP contribution in [0.2, 0.25) is 0 Å². The number of morpholine rings is 1. The molecule has 0 saturated carbocycles. The Balaban J connectivity index is 1.56. The lowest BCUT2D eigenvalue weighted by Gasteiger charge is -2.31. The van der Waals surface area contributed by atoms with Crippen molar-refractivity contribution in [2.75, 3.05) is 44.2 Å². The molecule has 1 saturated heterocycles. The highest BCUT2D eigenvalue weighted by molar-refractivity contribution is 7.92. The highest BCUT2D eigenvalue weighted by Gasteiger charge is 2.24. The van der Waals surface area contributed by atoms with Gasteiger partial charge in [0.2, 0.25) is 0 Å². The van der Waals surface area contributed by atoms with Crippen LogP contribution in [0.4, 0.5) is 5.69 Å². The first-order chi connectivity index (χ1) is 16.8. The van der Waals surface area contributed by atoms with Crippen molar-refractivity contribution in [3.63, 3.8) is 0 Å². The van der Waals surface area contributed by atoms with E-state index in [0.717, 1.165) is 24.2 Å². The van der Waals surface area contributed by atoms with E-state index >= 15 is 0 Å². The van der Waals surface area contributed by atoms with E-state index in [2.05, 4.69) is 10.2 Å². The Hall–Kier alpha value is -3.20. The largest absolute Gasteiger partial charge is 0.379 e. The highest BCUT2D eigenvalue weighted by Crippen LogP contribution is 2.23. The van der Waals surface area contributed by atoms with E-state index in [4.69, 9.17) is 4.74 Å². The van der Waals surface area contributed by atoms with Crippen molar-refractivity contribution in [2.45, 2.75) is 17.9 Å². The number of carbonyl (C=O) groups is 1. The Morgan fingerprint density at radius 3 is 2.37 bits per heavy atom. The number of para-hydroxylation sites is 1. The predicted octanol–water partition coefficient (Wildman–Crippen LogP) is 3.62. The summed E-state index contributed by atoms with van der Waals surface area (Å²) in [5.74, 6) is -0.316. The fourth-order valence-electron chi connectivity index (χ4n) is 4.05. The molecule has 1 amide bonds. The van der Waals surface area contributed by atoms with Gasteiger partial charge in [0.1, 0.15) is 0 Å². The zero-order chi connectivity index (χ0) is 24.8. The Kier molecular flexibility index (Phi) is 7.85. The second kappa shape index (κ2) is 11.0. The van der Waals surface area contributed by atoms with Crippen molar-refractivity contribution in [2.24, 2.45) is 0 Å². The number of rotatable bonds is 8. The van der Waals surface area contributed by atoms with Crippen LogP contribution in [0.3, 0.4) is 0 Å². The van der Waals surface area contributed by atoms with Crippen LogP contribution in [-0.2, 0) is 14.8 Å². The number of nitrogens with zero attached hydrogens (tertiary/aromatic N) is 2. The van der Waals surface area contributed by atoms with Gasteiger partial charge in [-0.05, 0) is 42.8 Å². The van der Waals surface area contributed by atoms with Crippen LogP contribution in [-0.4, -0.2) is 59.1 Å². The first kappa shape index (κ1) is 24.9. The average molecular weight is 494 g/mol. The maximum absolute atomic E-state index is 13.3. The van der Waals surface area contributed by atoms with Crippen LogP contribution in [0, 0.1) is 6.92 Å². The molecule has 1 aliphatic rings. The molecule has 1 N–H and O–H groups in total. The summed E-state index contributed by atoms with van der Waals surface area (Å²) < 4.78 is 33.1. The molecular formula is C27H31N3O4S. The van der Waals surface area contributed by atoms with Gasteiger partial charge in [-0.3, -0.25) is 14.0 Å². The highest BCUT2D eigenvalue weighted by atomic mass is 32.2. The third-order valence-corrected chi connectivity index (χ3v) is 7.99. The molecule has 1 fully saturated rings. The maximum atomic E-state index is 13.3. The van der Waals surface area contributed by atoms with E-state index in [1.165, 1.54) is 23.5 Å². The molecule has 1 atom stereocenters. The molecule has 1 aliphatic heterocycles. The molecule has 4 rings (SSSR count). The van der Waals surface area contributed by atoms with Crippen LogP contribution >= 0.6 is 0 Å². The zero-order valence-electron chi connectivity index (χ0n) is 20.1. The molecule has 0 radical (unpaired) electrons. The summed E-state index contributed by atoms with van der Waals surface area (Å²) in [7, 11) is -2.32. The van der Waals surface area contributed by atoms with Gasteiger partial charge in [-0.1, -0.05) is 54.1 Å². The molecule has 1 heterocycles. The van der Waals surface area contributed by atoms with Gasteiger partial charge in [-0.2, -0.15) is 0 Å². The fourth-order valence-corrected chi connectivity index (χ4v) is 5.29. The van der Waals surface area contributed by atoms with E-state index in [1.54, 1.807) is 36.4 Å². The molecule has 0 bridgehead atoms. The summed E-state index contributed by atoms with van der Waals surface area (Å²) in [5, 5.41) is 3.13. The topological polar surface area (TPSA) is 79.0 Å². The number of nitrogens with one attached hydrogen (secondary N) is 1. The summed E-state index contributed by atoms with van der Waals surface area (Å²) in [5.41, 5.74) is 2.99. The number of carbonyl (C=O) groups excluding carboxylic acids is 1. The quantitative estimate of drug-likeness (QED) is 0.519. The third kappa shape index (κ3) is 6.08. The van der Waals surface area contributed by atoms with Gasteiger partial charge in [0.15, 0.2) is 0 Å².